The second-order valence-corrected chi connectivity index (χ2v) is 5.20. The van der Waals surface area contributed by atoms with Gasteiger partial charge in [-0.25, -0.2) is 9.59 Å². The Morgan fingerprint density at radius 1 is 0.963 bits per heavy atom. The summed E-state index contributed by atoms with van der Waals surface area (Å²) in [4.78, 5) is 38.4. The smallest absolute Gasteiger partial charge is 0.437 e. The molecule has 1 aromatic heterocycles. The van der Waals surface area contributed by atoms with E-state index in [9.17, 15) is 19.7 Å². The van der Waals surface area contributed by atoms with Crippen molar-refractivity contribution in [2.24, 2.45) is 0 Å². The molecule has 0 unspecified atom stereocenters. The molecule has 2 rings (SSSR count). The van der Waals surface area contributed by atoms with Gasteiger partial charge in [0.1, 0.15) is 0 Å². The van der Waals surface area contributed by atoms with Crippen LogP contribution in [0, 0.1) is 24.0 Å². The highest BCUT2D eigenvalue weighted by atomic mass is 16.7. The minimum atomic E-state index is -1.06. The van der Waals surface area contributed by atoms with E-state index in [0.29, 0.717) is 0 Å². The standard InChI is InChI=1S/C17H16N2O8/c1-9-14(26-16(20)24-3)13(11-7-5-6-8-12(11)19(22)23)15(10(2)18-9)27-17(21)25-4/h5-8H,1-4H3. The van der Waals surface area contributed by atoms with Crippen LogP contribution in [0.3, 0.4) is 0 Å². The van der Waals surface area contributed by atoms with Gasteiger partial charge in [0, 0.05) is 6.07 Å². The highest BCUT2D eigenvalue weighted by Gasteiger charge is 2.29. The van der Waals surface area contributed by atoms with Gasteiger partial charge in [-0.3, -0.25) is 15.1 Å². The third kappa shape index (κ3) is 4.11. The molecule has 142 valence electrons. The molecule has 0 aliphatic heterocycles. The number of aryl methyl sites for hydroxylation is 2. The van der Waals surface area contributed by atoms with Crippen molar-refractivity contribution in [2.75, 3.05) is 14.2 Å². The first kappa shape index (κ1) is 19.6. The third-order valence-electron chi connectivity index (χ3n) is 3.52. The summed E-state index contributed by atoms with van der Waals surface area (Å²) >= 11 is 0. The van der Waals surface area contributed by atoms with Gasteiger partial charge in [-0.2, -0.15) is 0 Å². The number of nitrogens with zero attached hydrogens (tertiary/aromatic N) is 2. The number of pyridine rings is 1. The zero-order chi connectivity index (χ0) is 20.1. The third-order valence-corrected chi connectivity index (χ3v) is 3.52. The fourth-order valence-corrected chi connectivity index (χ4v) is 2.41. The lowest BCUT2D eigenvalue weighted by atomic mass is 10.00. The molecule has 2 aromatic rings. The predicted octanol–water partition coefficient (Wildman–Crippen LogP) is 3.56. The van der Waals surface area contributed by atoms with Crippen LogP contribution < -0.4 is 9.47 Å². The van der Waals surface area contributed by atoms with Crippen molar-refractivity contribution in [3.8, 4) is 22.6 Å². The number of rotatable bonds is 4. The van der Waals surface area contributed by atoms with Gasteiger partial charge in [0.2, 0.25) is 0 Å². The van der Waals surface area contributed by atoms with Crippen LogP contribution in [-0.2, 0) is 9.47 Å². The molecule has 1 aromatic carbocycles. The number of nitro benzene ring substituents is 1. The number of aromatic nitrogens is 1. The van der Waals surface area contributed by atoms with Crippen LogP contribution in [0.2, 0.25) is 0 Å². The summed E-state index contributed by atoms with van der Waals surface area (Å²) in [5, 5.41) is 11.5. The maximum Gasteiger partial charge on any atom is 0.513 e. The summed E-state index contributed by atoms with van der Waals surface area (Å²) in [5.41, 5.74) is 0.260. The Kier molecular flexibility index (Phi) is 5.91. The highest BCUT2D eigenvalue weighted by molar-refractivity contribution is 5.87. The average Bonchev–Trinajstić information content (AvgIpc) is 2.65. The first-order valence-electron chi connectivity index (χ1n) is 7.56. The van der Waals surface area contributed by atoms with Gasteiger partial charge in [-0.1, -0.05) is 12.1 Å². The topological polar surface area (TPSA) is 127 Å². The first-order valence-corrected chi connectivity index (χ1v) is 7.56. The summed E-state index contributed by atoms with van der Waals surface area (Å²) in [6, 6.07) is 5.73. The summed E-state index contributed by atoms with van der Waals surface area (Å²) in [5.74, 6) is -0.277. The van der Waals surface area contributed by atoms with E-state index in [4.69, 9.17) is 9.47 Å². The van der Waals surface area contributed by atoms with Gasteiger partial charge in [-0.15, -0.1) is 0 Å². The second kappa shape index (κ2) is 8.13. The molecule has 0 saturated heterocycles. The molecule has 1 heterocycles. The first-order chi connectivity index (χ1) is 12.8. The SMILES string of the molecule is COC(=O)Oc1c(C)nc(C)c(OC(=O)OC)c1-c1ccccc1[N+](=O)[O-]. The van der Waals surface area contributed by atoms with Crippen molar-refractivity contribution < 1.29 is 33.5 Å². The van der Waals surface area contributed by atoms with Crippen LogP contribution >= 0.6 is 0 Å². The molecule has 0 spiro atoms. The average molecular weight is 376 g/mol. The number of nitro groups is 1. The molecule has 0 atom stereocenters. The molecular weight excluding hydrogens is 360 g/mol. The fraction of sp³-hybridized carbons (Fsp3) is 0.235. The quantitative estimate of drug-likeness (QED) is 0.447. The zero-order valence-corrected chi connectivity index (χ0v) is 15.0. The van der Waals surface area contributed by atoms with Gasteiger partial charge >= 0.3 is 12.3 Å². The fourth-order valence-electron chi connectivity index (χ4n) is 2.41. The molecule has 0 amide bonds. The van der Waals surface area contributed by atoms with Crippen LogP contribution in [0.25, 0.3) is 11.1 Å². The van der Waals surface area contributed by atoms with Gasteiger partial charge in [0.25, 0.3) is 5.69 Å². The minimum absolute atomic E-state index is 0.00287. The number of ether oxygens (including phenoxy) is 4. The van der Waals surface area contributed by atoms with Crippen molar-refractivity contribution in [1.82, 2.24) is 4.98 Å². The molecular formula is C17H16N2O8. The number of para-hydroxylation sites is 1. The van der Waals surface area contributed by atoms with E-state index in [1.807, 2.05) is 0 Å². The lowest BCUT2D eigenvalue weighted by Crippen LogP contribution is -2.14. The number of carbonyl (C=O) groups is 2. The van der Waals surface area contributed by atoms with E-state index in [0.717, 1.165) is 14.2 Å². The summed E-state index contributed by atoms with van der Waals surface area (Å²) < 4.78 is 19.3. The molecule has 10 heteroatoms. The Bertz CT molecular complexity index is 868. The summed E-state index contributed by atoms with van der Waals surface area (Å²) in [6.07, 6.45) is -2.12. The number of benzene rings is 1. The van der Waals surface area contributed by atoms with E-state index in [2.05, 4.69) is 14.5 Å². The van der Waals surface area contributed by atoms with Crippen molar-refractivity contribution in [3.05, 3.63) is 45.8 Å². The molecule has 10 nitrogen and oxygen atoms in total. The maximum absolute atomic E-state index is 11.7. The number of carbonyl (C=O) groups excluding carboxylic acids is 2. The van der Waals surface area contributed by atoms with E-state index in [1.54, 1.807) is 6.07 Å². The summed E-state index contributed by atoms with van der Waals surface area (Å²) in [6.45, 7) is 3.07. The second-order valence-electron chi connectivity index (χ2n) is 5.20. The Hall–Kier alpha value is -3.69. The van der Waals surface area contributed by atoms with Crippen LogP contribution in [-0.4, -0.2) is 36.4 Å². The zero-order valence-electron chi connectivity index (χ0n) is 15.0. The molecule has 0 fully saturated rings. The summed E-state index contributed by atoms with van der Waals surface area (Å²) in [7, 11) is 2.21. The molecule has 0 N–H and O–H groups in total. The Labute approximate surface area is 153 Å². The Morgan fingerprint density at radius 2 is 1.44 bits per heavy atom. The van der Waals surface area contributed by atoms with Crippen molar-refractivity contribution >= 4 is 18.0 Å². The van der Waals surface area contributed by atoms with E-state index >= 15 is 0 Å². The molecule has 0 aliphatic rings. The van der Waals surface area contributed by atoms with Crippen LogP contribution in [0.15, 0.2) is 24.3 Å². The van der Waals surface area contributed by atoms with Crippen molar-refractivity contribution in [1.29, 1.82) is 0 Å². The van der Waals surface area contributed by atoms with E-state index in [-0.39, 0.29) is 39.7 Å². The molecule has 0 radical (unpaired) electrons. The largest absolute Gasteiger partial charge is 0.513 e. The molecule has 0 bridgehead atoms. The van der Waals surface area contributed by atoms with Crippen LogP contribution in [0.1, 0.15) is 11.4 Å². The van der Waals surface area contributed by atoms with E-state index < -0.39 is 17.2 Å². The lowest BCUT2D eigenvalue weighted by molar-refractivity contribution is -0.384. The lowest BCUT2D eigenvalue weighted by Gasteiger charge is -2.17. The Balaban J connectivity index is 2.87. The molecule has 0 aliphatic carbocycles. The number of methoxy groups -OCH3 is 2. The van der Waals surface area contributed by atoms with Gasteiger partial charge in [-0.05, 0) is 19.9 Å². The molecule has 0 saturated carbocycles. The monoisotopic (exact) mass is 376 g/mol. The Morgan fingerprint density at radius 3 is 1.89 bits per heavy atom. The predicted molar refractivity (Wildman–Crippen MR) is 91.9 cm³/mol. The normalized spacial score (nSPS) is 10.1. The van der Waals surface area contributed by atoms with Gasteiger partial charge in [0.15, 0.2) is 11.5 Å². The van der Waals surface area contributed by atoms with Crippen LogP contribution in [0.4, 0.5) is 15.3 Å². The van der Waals surface area contributed by atoms with E-state index in [1.165, 1.54) is 32.0 Å². The maximum atomic E-state index is 11.7. The molecule has 27 heavy (non-hydrogen) atoms. The van der Waals surface area contributed by atoms with Crippen LogP contribution in [0.5, 0.6) is 11.5 Å². The minimum Gasteiger partial charge on any atom is -0.437 e. The number of hydrogen-bond donors (Lipinski definition) is 0. The van der Waals surface area contributed by atoms with Crippen molar-refractivity contribution in [3.63, 3.8) is 0 Å². The van der Waals surface area contributed by atoms with Gasteiger partial charge < -0.3 is 18.9 Å². The van der Waals surface area contributed by atoms with Crippen molar-refractivity contribution in [2.45, 2.75) is 13.8 Å². The van der Waals surface area contributed by atoms with Gasteiger partial charge in [0.05, 0.1) is 41.7 Å². The highest BCUT2D eigenvalue weighted by Crippen LogP contribution is 2.45. The number of hydrogen-bond acceptors (Lipinski definition) is 9.